The highest BCUT2D eigenvalue weighted by Gasteiger charge is 2.37. The van der Waals surface area contributed by atoms with Crippen molar-refractivity contribution in [2.24, 2.45) is 0 Å². The molecule has 0 N–H and O–H groups in total. The Balaban J connectivity index is 2.56. The molecule has 0 spiro atoms. The molecule has 22 heavy (non-hydrogen) atoms. The highest BCUT2D eigenvalue weighted by atomic mass is 15.1. The molecule has 0 aliphatic rings. The van der Waals surface area contributed by atoms with Crippen molar-refractivity contribution in [3.05, 3.63) is 71.8 Å². The van der Waals surface area contributed by atoms with Gasteiger partial charge < -0.3 is 4.90 Å². The third-order valence-electron chi connectivity index (χ3n) is 4.47. The fraction of sp³-hybridized carbons (Fsp3) is 0.350. The Kier molecular flexibility index (Phi) is 5.35. The van der Waals surface area contributed by atoms with Crippen LogP contribution in [0.5, 0.6) is 0 Å². The van der Waals surface area contributed by atoms with Gasteiger partial charge in [0, 0.05) is 6.04 Å². The second kappa shape index (κ2) is 7.24. The lowest BCUT2D eigenvalue weighted by Crippen LogP contribution is -2.37. The van der Waals surface area contributed by atoms with E-state index in [1.54, 1.807) is 0 Å². The Bertz CT molecular complexity index is 572. The van der Waals surface area contributed by atoms with E-state index in [4.69, 9.17) is 0 Å². The van der Waals surface area contributed by atoms with E-state index in [0.29, 0.717) is 6.04 Å². The molecule has 0 aliphatic heterocycles. The van der Waals surface area contributed by atoms with Gasteiger partial charge in [0.1, 0.15) is 5.41 Å². The van der Waals surface area contributed by atoms with Gasteiger partial charge in [-0.15, -0.1) is 0 Å². The first-order valence-electron chi connectivity index (χ1n) is 7.82. The van der Waals surface area contributed by atoms with E-state index in [-0.39, 0.29) is 0 Å². The number of rotatable bonds is 6. The molecule has 2 aromatic carbocycles. The van der Waals surface area contributed by atoms with Crippen molar-refractivity contribution in [1.82, 2.24) is 4.90 Å². The second-order valence-electron chi connectivity index (χ2n) is 5.98. The predicted octanol–water partition coefficient (Wildman–Crippen LogP) is 4.23. The lowest BCUT2D eigenvalue weighted by molar-refractivity contribution is 0.249. The molecule has 0 bridgehead atoms. The molecular weight excluding hydrogens is 268 g/mol. The van der Waals surface area contributed by atoms with Gasteiger partial charge >= 0.3 is 0 Å². The topological polar surface area (TPSA) is 27.0 Å². The lowest BCUT2D eigenvalue weighted by atomic mass is 9.71. The number of nitrogens with zero attached hydrogens (tertiary/aromatic N) is 2. The van der Waals surface area contributed by atoms with Crippen molar-refractivity contribution in [1.29, 1.82) is 5.26 Å². The molecular formula is C20H24N2. The van der Waals surface area contributed by atoms with E-state index in [9.17, 15) is 5.26 Å². The van der Waals surface area contributed by atoms with Crippen LogP contribution in [0.2, 0.25) is 0 Å². The second-order valence-corrected chi connectivity index (χ2v) is 5.98. The molecule has 0 saturated heterocycles. The summed E-state index contributed by atoms with van der Waals surface area (Å²) < 4.78 is 0. The average molecular weight is 292 g/mol. The lowest BCUT2D eigenvalue weighted by Gasteiger charge is -2.34. The molecule has 0 heterocycles. The monoisotopic (exact) mass is 292 g/mol. The van der Waals surface area contributed by atoms with Crippen molar-refractivity contribution >= 4 is 0 Å². The van der Waals surface area contributed by atoms with Gasteiger partial charge in [-0.2, -0.15) is 5.26 Å². The molecule has 0 unspecified atom stereocenters. The molecule has 0 aliphatic carbocycles. The maximum atomic E-state index is 10.1. The van der Waals surface area contributed by atoms with Crippen molar-refractivity contribution in [2.75, 3.05) is 14.1 Å². The summed E-state index contributed by atoms with van der Waals surface area (Å²) in [5.74, 6) is 0. The van der Waals surface area contributed by atoms with Crippen LogP contribution in [0.4, 0.5) is 0 Å². The van der Waals surface area contributed by atoms with Crippen LogP contribution >= 0.6 is 0 Å². The third kappa shape index (κ3) is 3.21. The molecule has 2 heteroatoms. The maximum Gasteiger partial charge on any atom is 0.109 e. The Morgan fingerprint density at radius 2 is 1.41 bits per heavy atom. The van der Waals surface area contributed by atoms with Crippen LogP contribution in [0.3, 0.4) is 0 Å². The Morgan fingerprint density at radius 3 is 1.73 bits per heavy atom. The van der Waals surface area contributed by atoms with Crippen LogP contribution in [0.15, 0.2) is 60.7 Å². The third-order valence-corrected chi connectivity index (χ3v) is 4.47. The number of hydrogen-bond donors (Lipinski definition) is 0. The minimum atomic E-state index is -0.604. The zero-order valence-corrected chi connectivity index (χ0v) is 13.7. The van der Waals surface area contributed by atoms with E-state index in [2.05, 4.69) is 56.3 Å². The van der Waals surface area contributed by atoms with Gasteiger partial charge in [0.2, 0.25) is 0 Å². The van der Waals surface area contributed by atoms with E-state index < -0.39 is 5.41 Å². The van der Waals surface area contributed by atoms with Crippen molar-refractivity contribution in [2.45, 2.75) is 31.2 Å². The first-order valence-corrected chi connectivity index (χ1v) is 7.82. The molecule has 1 atom stereocenters. The summed E-state index contributed by atoms with van der Waals surface area (Å²) in [7, 11) is 4.18. The summed E-state index contributed by atoms with van der Waals surface area (Å²) in [6, 6.07) is 23.3. The van der Waals surface area contributed by atoms with Crippen LogP contribution in [0, 0.1) is 11.3 Å². The molecule has 0 aromatic heterocycles. The minimum Gasteiger partial charge on any atom is -0.306 e. The highest BCUT2D eigenvalue weighted by molar-refractivity contribution is 5.46. The van der Waals surface area contributed by atoms with Crippen LogP contribution in [0.1, 0.15) is 30.9 Å². The quantitative estimate of drug-likeness (QED) is 0.797. The van der Waals surface area contributed by atoms with E-state index in [0.717, 1.165) is 24.0 Å². The molecule has 0 saturated carbocycles. The molecule has 0 radical (unpaired) electrons. The van der Waals surface area contributed by atoms with Gasteiger partial charge in [0.05, 0.1) is 6.07 Å². The SMILES string of the molecule is CC[C@@H](CC(C#N)(c1ccccc1)c1ccccc1)N(C)C. The fourth-order valence-corrected chi connectivity index (χ4v) is 3.07. The first-order chi connectivity index (χ1) is 10.6. The van der Waals surface area contributed by atoms with Crippen LogP contribution in [-0.4, -0.2) is 25.0 Å². The van der Waals surface area contributed by atoms with Crippen molar-refractivity contribution in [3.63, 3.8) is 0 Å². The molecule has 2 nitrogen and oxygen atoms in total. The molecule has 0 amide bonds. The summed E-state index contributed by atoms with van der Waals surface area (Å²) >= 11 is 0. The van der Waals surface area contributed by atoms with Crippen LogP contribution in [0.25, 0.3) is 0 Å². The van der Waals surface area contributed by atoms with Crippen molar-refractivity contribution in [3.8, 4) is 6.07 Å². The maximum absolute atomic E-state index is 10.1. The number of benzene rings is 2. The largest absolute Gasteiger partial charge is 0.306 e. The van der Waals surface area contributed by atoms with Crippen molar-refractivity contribution < 1.29 is 0 Å². The van der Waals surface area contributed by atoms with Gasteiger partial charge in [0.25, 0.3) is 0 Å². The van der Waals surface area contributed by atoms with Gasteiger partial charge in [-0.1, -0.05) is 67.6 Å². The Morgan fingerprint density at radius 1 is 0.955 bits per heavy atom. The first kappa shape index (κ1) is 16.3. The summed E-state index contributed by atoms with van der Waals surface area (Å²) in [5, 5.41) is 10.1. The summed E-state index contributed by atoms with van der Waals surface area (Å²) in [6.07, 6.45) is 1.82. The summed E-state index contributed by atoms with van der Waals surface area (Å²) in [4.78, 5) is 2.22. The molecule has 0 fully saturated rings. The summed E-state index contributed by atoms with van der Waals surface area (Å²) in [6.45, 7) is 2.18. The average Bonchev–Trinajstić information content (AvgIpc) is 2.58. The van der Waals surface area contributed by atoms with Gasteiger partial charge in [-0.3, -0.25) is 0 Å². The van der Waals surface area contributed by atoms with Crippen LogP contribution in [-0.2, 0) is 5.41 Å². The van der Waals surface area contributed by atoms with E-state index in [1.807, 2.05) is 36.4 Å². The van der Waals surface area contributed by atoms with E-state index >= 15 is 0 Å². The normalized spacial score (nSPS) is 12.9. The highest BCUT2D eigenvalue weighted by Crippen LogP contribution is 2.37. The predicted molar refractivity (Wildman–Crippen MR) is 91.7 cm³/mol. The van der Waals surface area contributed by atoms with Gasteiger partial charge in [-0.05, 0) is 38.1 Å². The minimum absolute atomic E-state index is 0.361. The smallest absolute Gasteiger partial charge is 0.109 e. The van der Waals surface area contributed by atoms with E-state index in [1.165, 1.54) is 0 Å². The molecule has 114 valence electrons. The molecule has 2 rings (SSSR count). The zero-order chi connectivity index (χ0) is 16.0. The molecule has 2 aromatic rings. The zero-order valence-electron chi connectivity index (χ0n) is 13.7. The van der Waals surface area contributed by atoms with Gasteiger partial charge in [-0.25, -0.2) is 0 Å². The number of nitriles is 1. The number of hydrogen-bond acceptors (Lipinski definition) is 2. The Labute approximate surface area is 134 Å². The standard InChI is InChI=1S/C20H24N2/c1-4-19(22(2)3)15-20(16-21,17-11-7-5-8-12-17)18-13-9-6-10-14-18/h5-14,19H,4,15H2,1-3H3/t19-/m0/s1. The summed E-state index contributed by atoms with van der Waals surface area (Å²) in [5.41, 5.74) is 1.54. The Hall–Kier alpha value is -2.11. The fourth-order valence-electron chi connectivity index (χ4n) is 3.07. The van der Waals surface area contributed by atoms with Crippen LogP contribution < -0.4 is 0 Å². The van der Waals surface area contributed by atoms with Gasteiger partial charge in [0.15, 0.2) is 0 Å².